The second kappa shape index (κ2) is 12.1. The molecule has 0 aliphatic rings. The van der Waals surface area contributed by atoms with Gasteiger partial charge in [0.2, 0.25) is 5.91 Å². The molecule has 4 N–H and O–H groups in total. The van der Waals surface area contributed by atoms with Gasteiger partial charge in [0.15, 0.2) is 0 Å². The van der Waals surface area contributed by atoms with Crippen molar-refractivity contribution in [3.8, 4) is 5.75 Å². The van der Waals surface area contributed by atoms with Crippen molar-refractivity contribution < 1.29 is 29.7 Å². The molecular formula is C22H25N3O6. The number of aliphatic carboxylic acids is 1. The lowest BCUT2D eigenvalue weighted by Gasteiger charge is -2.07. The number of rotatable bonds is 12. The van der Waals surface area contributed by atoms with Crippen LogP contribution >= 0.6 is 0 Å². The number of amides is 1. The minimum atomic E-state index is -1.10. The zero-order valence-electron chi connectivity index (χ0n) is 17.0. The van der Waals surface area contributed by atoms with Crippen LogP contribution in [0.3, 0.4) is 0 Å². The molecule has 1 amide bonds. The molecule has 0 fully saturated rings. The molecule has 31 heavy (non-hydrogen) atoms. The molecule has 0 saturated carbocycles. The van der Waals surface area contributed by atoms with Crippen LogP contribution in [-0.4, -0.2) is 39.7 Å². The highest BCUT2D eigenvalue weighted by molar-refractivity contribution is 5.93. The lowest BCUT2D eigenvalue weighted by molar-refractivity contribution is -0.137. The highest BCUT2D eigenvalue weighted by Gasteiger charge is 2.09. The molecule has 0 aromatic heterocycles. The lowest BCUT2D eigenvalue weighted by Crippen LogP contribution is -2.24. The van der Waals surface area contributed by atoms with E-state index in [0.29, 0.717) is 37.1 Å². The van der Waals surface area contributed by atoms with E-state index in [2.05, 4.69) is 15.5 Å². The predicted octanol–water partition coefficient (Wildman–Crippen LogP) is 4.20. The molecule has 164 valence electrons. The summed E-state index contributed by atoms with van der Waals surface area (Å²) in [4.78, 5) is 33.7. The van der Waals surface area contributed by atoms with Gasteiger partial charge in [-0.3, -0.25) is 9.59 Å². The van der Waals surface area contributed by atoms with E-state index in [1.807, 2.05) is 0 Å². The summed E-state index contributed by atoms with van der Waals surface area (Å²) in [6.07, 6.45) is 2.61. The molecule has 0 unspecified atom stereocenters. The Morgan fingerprint density at radius 3 is 2.42 bits per heavy atom. The minimum Gasteiger partial charge on any atom is -0.508 e. The van der Waals surface area contributed by atoms with Crippen molar-refractivity contribution in [2.75, 3.05) is 6.54 Å². The summed E-state index contributed by atoms with van der Waals surface area (Å²) in [5.41, 5.74) is 1.20. The van der Waals surface area contributed by atoms with E-state index < -0.39 is 11.9 Å². The van der Waals surface area contributed by atoms with Crippen LogP contribution in [0.15, 0.2) is 52.7 Å². The Bertz CT molecular complexity index is 958. The zero-order valence-corrected chi connectivity index (χ0v) is 17.0. The zero-order chi connectivity index (χ0) is 22.6. The summed E-state index contributed by atoms with van der Waals surface area (Å²) < 4.78 is 0. The van der Waals surface area contributed by atoms with Crippen molar-refractivity contribution in [1.29, 1.82) is 0 Å². The van der Waals surface area contributed by atoms with Gasteiger partial charge in [-0.25, -0.2) is 4.79 Å². The number of unbranched alkanes of at least 4 members (excludes halogenated alkanes) is 2. The van der Waals surface area contributed by atoms with E-state index >= 15 is 0 Å². The molecule has 2 aromatic rings. The number of carbonyl (C=O) groups excluding carboxylic acids is 1. The quantitative estimate of drug-likeness (QED) is 0.295. The monoisotopic (exact) mass is 427 g/mol. The molecule has 0 aliphatic heterocycles. The molecule has 0 aliphatic carbocycles. The summed E-state index contributed by atoms with van der Waals surface area (Å²) in [7, 11) is 0. The molecule has 0 saturated heterocycles. The first-order valence-electron chi connectivity index (χ1n) is 9.91. The second-order valence-corrected chi connectivity index (χ2v) is 6.89. The number of benzene rings is 2. The number of phenols is 1. The number of carboxylic acid groups (broad SMARTS) is 2. The van der Waals surface area contributed by atoms with Crippen LogP contribution < -0.4 is 5.32 Å². The van der Waals surface area contributed by atoms with E-state index in [4.69, 9.17) is 5.11 Å². The van der Waals surface area contributed by atoms with Crippen molar-refractivity contribution in [3.05, 3.63) is 53.6 Å². The first kappa shape index (κ1) is 23.5. The Kier molecular flexibility index (Phi) is 9.15. The smallest absolute Gasteiger partial charge is 0.337 e. The third-order valence-electron chi connectivity index (χ3n) is 4.48. The van der Waals surface area contributed by atoms with E-state index in [-0.39, 0.29) is 35.7 Å². The van der Waals surface area contributed by atoms with Gasteiger partial charge >= 0.3 is 11.9 Å². The maximum absolute atomic E-state index is 12.0. The number of nitrogens with zero attached hydrogens (tertiary/aromatic N) is 2. The third kappa shape index (κ3) is 8.25. The van der Waals surface area contributed by atoms with Crippen LogP contribution in [-0.2, 0) is 16.0 Å². The van der Waals surface area contributed by atoms with Gasteiger partial charge in [0, 0.05) is 19.4 Å². The third-order valence-corrected chi connectivity index (χ3v) is 4.48. The standard InChI is InChI=1S/C22H25N3O6/c26-19-11-10-16(24-25-18-7-4-3-6-17(18)22(30)31)14-15(19)9-12-20(27)23-13-5-1-2-8-21(28)29/h3-4,6-7,10-11,14,26H,1-2,5,8-9,12-13H2,(H,23,27)(H,28,29)(H,30,31)/b25-24+. The SMILES string of the molecule is O=C(O)CCCCCNC(=O)CCc1cc(/N=N/c2ccccc2C(=O)O)ccc1O. The molecular weight excluding hydrogens is 402 g/mol. The van der Waals surface area contributed by atoms with Gasteiger partial charge in [-0.15, -0.1) is 5.11 Å². The molecule has 0 atom stereocenters. The summed E-state index contributed by atoms with van der Waals surface area (Å²) in [5.74, 6) is -2.06. The number of nitrogens with one attached hydrogen (secondary N) is 1. The van der Waals surface area contributed by atoms with Crippen LogP contribution in [0.25, 0.3) is 0 Å². The van der Waals surface area contributed by atoms with Crippen molar-refractivity contribution in [3.63, 3.8) is 0 Å². The minimum absolute atomic E-state index is 0.0323. The highest BCUT2D eigenvalue weighted by Crippen LogP contribution is 2.27. The van der Waals surface area contributed by atoms with Crippen LogP contribution in [0.1, 0.15) is 48.0 Å². The molecule has 0 spiro atoms. The fraction of sp³-hybridized carbons (Fsp3) is 0.318. The van der Waals surface area contributed by atoms with Gasteiger partial charge < -0.3 is 20.6 Å². The normalized spacial score (nSPS) is 10.8. The number of azo groups is 1. The maximum Gasteiger partial charge on any atom is 0.337 e. The van der Waals surface area contributed by atoms with Gasteiger partial charge in [-0.1, -0.05) is 18.6 Å². The second-order valence-electron chi connectivity index (χ2n) is 6.89. The van der Waals surface area contributed by atoms with Crippen LogP contribution in [0.5, 0.6) is 5.75 Å². The highest BCUT2D eigenvalue weighted by atomic mass is 16.4. The fourth-order valence-electron chi connectivity index (χ4n) is 2.83. The van der Waals surface area contributed by atoms with E-state index in [0.717, 1.165) is 6.42 Å². The van der Waals surface area contributed by atoms with E-state index in [1.54, 1.807) is 30.3 Å². The first-order valence-corrected chi connectivity index (χ1v) is 9.91. The molecule has 9 heteroatoms. The number of carbonyl (C=O) groups is 3. The number of aromatic hydroxyl groups is 1. The first-order chi connectivity index (χ1) is 14.9. The topological polar surface area (TPSA) is 149 Å². The van der Waals surface area contributed by atoms with Crippen LogP contribution in [0.2, 0.25) is 0 Å². The average Bonchev–Trinajstić information content (AvgIpc) is 2.74. The van der Waals surface area contributed by atoms with Crippen molar-refractivity contribution in [2.24, 2.45) is 10.2 Å². The number of hydrogen-bond donors (Lipinski definition) is 4. The predicted molar refractivity (Wildman–Crippen MR) is 113 cm³/mol. The van der Waals surface area contributed by atoms with Gasteiger partial charge in [0.1, 0.15) is 11.4 Å². The largest absolute Gasteiger partial charge is 0.508 e. The van der Waals surface area contributed by atoms with Gasteiger partial charge in [-0.2, -0.15) is 5.11 Å². The number of aromatic carboxylic acids is 1. The van der Waals surface area contributed by atoms with Crippen molar-refractivity contribution in [2.45, 2.75) is 38.5 Å². The molecule has 2 aromatic carbocycles. The van der Waals surface area contributed by atoms with Crippen LogP contribution in [0.4, 0.5) is 11.4 Å². The summed E-state index contributed by atoms with van der Waals surface area (Å²) >= 11 is 0. The van der Waals surface area contributed by atoms with Crippen LogP contribution in [0, 0.1) is 0 Å². The summed E-state index contributed by atoms with van der Waals surface area (Å²) in [5, 5.41) is 38.6. The molecule has 9 nitrogen and oxygen atoms in total. The number of aryl methyl sites for hydroxylation is 1. The Hall–Kier alpha value is -3.75. The van der Waals surface area contributed by atoms with Gasteiger partial charge in [0.25, 0.3) is 0 Å². The Morgan fingerprint density at radius 1 is 0.903 bits per heavy atom. The van der Waals surface area contributed by atoms with Crippen molar-refractivity contribution >= 4 is 29.2 Å². The Labute approximate surface area is 179 Å². The molecule has 0 radical (unpaired) electrons. The summed E-state index contributed by atoms with van der Waals surface area (Å²) in [6, 6.07) is 10.8. The maximum atomic E-state index is 12.0. The average molecular weight is 427 g/mol. The van der Waals surface area contributed by atoms with Gasteiger partial charge in [0.05, 0.1) is 11.3 Å². The fourth-order valence-corrected chi connectivity index (χ4v) is 2.83. The summed E-state index contributed by atoms with van der Waals surface area (Å²) in [6.45, 7) is 0.474. The van der Waals surface area contributed by atoms with E-state index in [1.165, 1.54) is 12.1 Å². The Balaban J connectivity index is 1.88. The molecule has 0 bridgehead atoms. The lowest BCUT2D eigenvalue weighted by atomic mass is 10.1. The number of phenolic OH excluding ortho intramolecular Hbond substituents is 1. The Morgan fingerprint density at radius 2 is 1.68 bits per heavy atom. The molecule has 2 rings (SSSR count). The van der Waals surface area contributed by atoms with Crippen molar-refractivity contribution in [1.82, 2.24) is 5.32 Å². The van der Waals surface area contributed by atoms with Gasteiger partial charge in [-0.05, 0) is 55.2 Å². The van der Waals surface area contributed by atoms with E-state index in [9.17, 15) is 24.6 Å². The molecule has 0 heterocycles. The number of carboxylic acids is 2. The number of hydrogen-bond acceptors (Lipinski definition) is 6.